The van der Waals surface area contributed by atoms with E-state index in [1.165, 1.54) is 5.56 Å². The van der Waals surface area contributed by atoms with Crippen molar-refractivity contribution >= 4 is 5.69 Å². The van der Waals surface area contributed by atoms with E-state index in [1.54, 1.807) is 0 Å². The highest BCUT2D eigenvalue weighted by molar-refractivity contribution is 5.58. The lowest BCUT2D eigenvalue weighted by Crippen LogP contribution is -2.17. The van der Waals surface area contributed by atoms with E-state index < -0.39 is 0 Å². The van der Waals surface area contributed by atoms with Crippen LogP contribution in [0.15, 0.2) is 42.5 Å². The molecule has 0 bridgehead atoms. The third-order valence-electron chi connectivity index (χ3n) is 4.59. The summed E-state index contributed by atoms with van der Waals surface area (Å²) in [5, 5.41) is 12.9. The normalized spacial score (nSPS) is 18.1. The Morgan fingerprint density at radius 3 is 2.92 bits per heavy atom. The van der Waals surface area contributed by atoms with Crippen LogP contribution in [0, 0.1) is 6.92 Å². The first-order chi connectivity index (χ1) is 12.2. The average molecular weight is 341 g/mol. The SMILES string of the molecule is Cc1ccc(NC(C)c2cccc(CO)c2)c(OCC2CCCO2)c1. The van der Waals surface area contributed by atoms with Crippen molar-refractivity contribution < 1.29 is 14.6 Å². The number of aryl methyl sites for hydroxylation is 1. The predicted molar refractivity (Wildman–Crippen MR) is 100 cm³/mol. The molecule has 2 unspecified atom stereocenters. The van der Waals surface area contributed by atoms with Crippen LogP contribution in [0.1, 0.15) is 42.5 Å². The maximum Gasteiger partial charge on any atom is 0.142 e. The topological polar surface area (TPSA) is 50.7 Å². The minimum absolute atomic E-state index is 0.0564. The van der Waals surface area contributed by atoms with Crippen LogP contribution in [0.2, 0.25) is 0 Å². The van der Waals surface area contributed by atoms with Gasteiger partial charge in [0.2, 0.25) is 0 Å². The molecule has 2 N–H and O–H groups in total. The van der Waals surface area contributed by atoms with Gasteiger partial charge in [-0.1, -0.05) is 30.3 Å². The summed E-state index contributed by atoms with van der Waals surface area (Å²) < 4.78 is 11.7. The van der Waals surface area contributed by atoms with Crippen LogP contribution >= 0.6 is 0 Å². The van der Waals surface area contributed by atoms with Crippen molar-refractivity contribution in [1.82, 2.24) is 0 Å². The van der Waals surface area contributed by atoms with Crippen molar-refractivity contribution in [1.29, 1.82) is 0 Å². The Balaban J connectivity index is 1.71. The van der Waals surface area contributed by atoms with Gasteiger partial charge in [-0.15, -0.1) is 0 Å². The number of aliphatic hydroxyl groups excluding tert-OH is 1. The molecule has 2 aromatic carbocycles. The molecule has 1 heterocycles. The monoisotopic (exact) mass is 341 g/mol. The number of benzene rings is 2. The summed E-state index contributed by atoms with van der Waals surface area (Å²) in [6, 6.07) is 14.3. The molecule has 1 aliphatic heterocycles. The summed E-state index contributed by atoms with van der Waals surface area (Å²) in [4.78, 5) is 0. The van der Waals surface area contributed by atoms with Crippen LogP contribution in [0.3, 0.4) is 0 Å². The van der Waals surface area contributed by atoms with Crippen LogP contribution in [0.4, 0.5) is 5.69 Å². The molecule has 0 radical (unpaired) electrons. The third kappa shape index (κ3) is 4.74. The summed E-state index contributed by atoms with van der Waals surface area (Å²) in [6.45, 7) is 5.66. The Bertz CT molecular complexity index is 695. The minimum Gasteiger partial charge on any atom is -0.489 e. The molecule has 2 aromatic rings. The van der Waals surface area contributed by atoms with E-state index in [1.807, 2.05) is 18.2 Å². The third-order valence-corrected chi connectivity index (χ3v) is 4.59. The maximum absolute atomic E-state index is 9.33. The number of hydrogen-bond donors (Lipinski definition) is 2. The van der Waals surface area contributed by atoms with Crippen LogP contribution in [-0.4, -0.2) is 24.4 Å². The maximum atomic E-state index is 9.33. The van der Waals surface area contributed by atoms with Crippen LogP contribution in [0.25, 0.3) is 0 Å². The molecule has 1 fully saturated rings. The van der Waals surface area contributed by atoms with E-state index in [2.05, 4.69) is 43.4 Å². The highest BCUT2D eigenvalue weighted by Gasteiger charge is 2.17. The van der Waals surface area contributed by atoms with E-state index in [9.17, 15) is 5.11 Å². The molecule has 0 amide bonds. The molecule has 2 atom stereocenters. The summed E-state index contributed by atoms with van der Waals surface area (Å²) in [5.74, 6) is 0.862. The second-order valence-electron chi connectivity index (χ2n) is 6.71. The molecular weight excluding hydrogens is 314 g/mol. The van der Waals surface area contributed by atoms with Crippen molar-refractivity contribution in [3.8, 4) is 5.75 Å². The Labute approximate surface area is 149 Å². The molecule has 4 heteroatoms. The second-order valence-corrected chi connectivity index (χ2v) is 6.71. The van der Waals surface area contributed by atoms with Crippen LogP contribution < -0.4 is 10.1 Å². The van der Waals surface area contributed by atoms with Gasteiger partial charge in [-0.2, -0.15) is 0 Å². The number of hydrogen-bond acceptors (Lipinski definition) is 4. The molecule has 4 nitrogen and oxygen atoms in total. The zero-order valence-corrected chi connectivity index (χ0v) is 15.0. The fraction of sp³-hybridized carbons (Fsp3) is 0.429. The van der Waals surface area contributed by atoms with Crippen molar-refractivity contribution in [2.24, 2.45) is 0 Å². The van der Waals surface area contributed by atoms with Crippen molar-refractivity contribution in [3.05, 3.63) is 59.2 Å². The molecule has 134 valence electrons. The van der Waals surface area contributed by atoms with Gasteiger partial charge in [0.25, 0.3) is 0 Å². The van der Waals surface area contributed by atoms with Crippen LogP contribution in [0.5, 0.6) is 5.75 Å². The zero-order valence-electron chi connectivity index (χ0n) is 15.0. The smallest absolute Gasteiger partial charge is 0.142 e. The zero-order chi connectivity index (χ0) is 17.6. The first kappa shape index (κ1) is 17.8. The molecule has 0 saturated carbocycles. The van der Waals surface area contributed by atoms with E-state index in [-0.39, 0.29) is 18.8 Å². The van der Waals surface area contributed by atoms with Gasteiger partial charge < -0.3 is 19.9 Å². The van der Waals surface area contributed by atoms with Crippen LogP contribution in [-0.2, 0) is 11.3 Å². The van der Waals surface area contributed by atoms with Crippen molar-refractivity contribution in [3.63, 3.8) is 0 Å². The molecule has 3 rings (SSSR count). The van der Waals surface area contributed by atoms with E-state index in [4.69, 9.17) is 9.47 Å². The molecule has 0 aliphatic carbocycles. The second kappa shape index (κ2) is 8.37. The largest absolute Gasteiger partial charge is 0.489 e. The van der Waals surface area contributed by atoms with E-state index in [0.717, 1.165) is 42.0 Å². The van der Waals surface area contributed by atoms with Gasteiger partial charge in [-0.05, 0) is 55.5 Å². The predicted octanol–water partition coefficient (Wildman–Crippen LogP) is 4.22. The lowest BCUT2D eigenvalue weighted by Gasteiger charge is -2.20. The number of ether oxygens (including phenoxy) is 2. The highest BCUT2D eigenvalue weighted by Crippen LogP contribution is 2.30. The van der Waals surface area contributed by atoms with Gasteiger partial charge in [0.15, 0.2) is 0 Å². The fourth-order valence-electron chi connectivity index (χ4n) is 3.10. The first-order valence-corrected chi connectivity index (χ1v) is 8.97. The summed E-state index contributed by atoms with van der Waals surface area (Å²) in [5.41, 5.74) is 4.20. The lowest BCUT2D eigenvalue weighted by atomic mass is 10.0. The standard InChI is InChI=1S/C21H27NO3/c1-15-8-9-20(21(11-15)25-14-19-7-4-10-24-19)22-16(2)18-6-3-5-17(12-18)13-23/h3,5-6,8-9,11-12,16,19,22-23H,4,7,10,13-14H2,1-2H3. The molecule has 0 spiro atoms. The summed E-state index contributed by atoms with van der Waals surface area (Å²) >= 11 is 0. The quantitative estimate of drug-likeness (QED) is 0.792. The number of anilines is 1. The van der Waals surface area contributed by atoms with E-state index in [0.29, 0.717) is 6.61 Å². The number of nitrogens with one attached hydrogen (secondary N) is 1. The van der Waals surface area contributed by atoms with Gasteiger partial charge >= 0.3 is 0 Å². The Morgan fingerprint density at radius 1 is 1.28 bits per heavy atom. The molecule has 25 heavy (non-hydrogen) atoms. The van der Waals surface area contributed by atoms with E-state index >= 15 is 0 Å². The molecule has 1 saturated heterocycles. The van der Waals surface area contributed by atoms with Gasteiger partial charge in [0.05, 0.1) is 18.4 Å². The van der Waals surface area contributed by atoms with Crippen molar-refractivity contribution in [2.45, 2.75) is 45.4 Å². The lowest BCUT2D eigenvalue weighted by molar-refractivity contribution is 0.0681. The fourth-order valence-corrected chi connectivity index (χ4v) is 3.10. The molecular formula is C21H27NO3. The Hall–Kier alpha value is -2.04. The van der Waals surface area contributed by atoms with Gasteiger partial charge in [0.1, 0.15) is 12.4 Å². The minimum atomic E-state index is 0.0564. The van der Waals surface area contributed by atoms with Gasteiger partial charge in [0, 0.05) is 12.6 Å². The van der Waals surface area contributed by atoms with Gasteiger partial charge in [-0.3, -0.25) is 0 Å². The first-order valence-electron chi connectivity index (χ1n) is 8.97. The highest BCUT2D eigenvalue weighted by atomic mass is 16.5. The van der Waals surface area contributed by atoms with Crippen molar-refractivity contribution in [2.75, 3.05) is 18.5 Å². The van der Waals surface area contributed by atoms with Gasteiger partial charge in [-0.25, -0.2) is 0 Å². The average Bonchev–Trinajstić information content (AvgIpc) is 3.15. The molecule has 1 aliphatic rings. The Kier molecular flexibility index (Phi) is 5.95. The molecule has 0 aromatic heterocycles. The number of rotatable bonds is 7. The summed E-state index contributed by atoms with van der Waals surface area (Å²) in [7, 11) is 0. The number of aliphatic hydroxyl groups is 1. The summed E-state index contributed by atoms with van der Waals surface area (Å²) in [6.07, 6.45) is 2.39. The Morgan fingerprint density at radius 2 is 2.16 bits per heavy atom.